The zero-order valence-corrected chi connectivity index (χ0v) is 5.87. The second kappa shape index (κ2) is 16.0. The summed E-state index contributed by atoms with van der Waals surface area (Å²) in [7, 11) is -3.13. The summed E-state index contributed by atoms with van der Waals surface area (Å²) in [4.78, 5) is 23.3. The Morgan fingerprint density at radius 3 is 1.40 bits per heavy atom. The monoisotopic (exact) mass is 179 g/mol. The summed E-state index contributed by atoms with van der Waals surface area (Å²) >= 11 is 0. The van der Waals surface area contributed by atoms with E-state index in [4.69, 9.17) is 24.0 Å². The summed E-state index contributed by atoms with van der Waals surface area (Å²) in [6, 6.07) is 0. The van der Waals surface area contributed by atoms with E-state index in [-0.39, 0.29) is 35.7 Å². The van der Waals surface area contributed by atoms with Gasteiger partial charge < -0.3 is 20.8 Å². The first kappa shape index (κ1) is 22.5. The van der Waals surface area contributed by atoms with Gasteiger partial charge in [-0.2, -0.15) is 0 Å². The Bertz CT molecular complexity index is 77.6. The van der Waals surface area contributed by atoms with Gasteiger partial charge in [-0.05, 0) is 0 Å². The quantitative estimate of drug-likeness (QED) is 0.318. The summed E-state index contributed by atoms with van der Waals surface area (Å²) in [6.07, 6.45) is 0. The van der Waals surface area contributed by atoms with Crippen molar-refractivity contribution in [1.29, 1.82) is 0 Å². The van der Waals surface area contributed by atoms with Crippen LogP contribution in [0.3, 0.4) is 0 Å². The Morgan fingerprint density at radius 2 is 1.40 bits per heavy atom. The van der Waals surface area contributed by atoms with E-state index in [0.29, 0.717) is 0 Å². The number of carbonyl (C=O) groups is 1. The number of hydrogen-bond acceptors (Lipinski definition) is 3. The molecule has 6 nitrogen and oxygen atoms in total. The van der Waals surface area contributed by atoms with Crippen molar-refractivity contribution in [3.05, 3.63) is 0 Å². The summed E-state index contributed by atoms with van der Waals surface area (Å²) in [5.74, 6) is -0.833. The fourth-order valence-corrected chi connectivity index (χ4v) is 0. The van der Waals surface area contributed by atoms with Gasteiger partial charge in [0.25, 0.3) is 5.97 Å². The molecule has 0 aromatic carbocycles. The van der Waals surface area contributed by atoms with E-state index in [0.717, 1.165) is 6.92 Å². The molecule has 58 valence electrons. The Kier molecular flexibility index (Phi) is 36.0. The molecule has 0 aliphatic carbocycles. The molecule has 0 fully saturated rings. The predicted molar refractivity (Wildman–Crippen MR) is 36.4 cm³/mol. The maximum atomic E-state index is 9.00. The summed E-state index contributed by atoms with van der Waals surface area (Å²) in [5.41, 5.74) is 0. The molecule has 0 aromatic heterocycles. The van der Waals surface area contributed by atoms with E-state index in [1.54, 1.807) is 0 Å². The number of carboxylic acid groups (broad SMARTS) is 1. The van der Waals surface area contributed by atoms with Crippen LogP contribution in [0.25, 0.3) is 0 Å². The van der Waals surface area contributed by atoms with Crippen molar-refractivity contribution >= 4 is 44.7 Å². The van der Waals surface area contributed by atoms with Crippen LogP contribution in [0, 0.1) is 0 Å². The van der Waals surface area contributed by atoms with Crippen molar-refractivity contribution in [3.63, 3.8) is 0 Å². The van der Waals surface area contributed by atoms with Crippen LogP contribution in [0.2, 0.25) is 0 Å². The average molecular weight is 179 g/mol. The molecule has 0 rings (SSSR count). The molecule has 0 heterocycles. The van der Waals surface area contributed by atoms with E-state index in [1.165, 1.54) is 0 Å². The SMILES string of the molecule is CC(=O)O.N.O=[Si](O)O.[NaH]. The van der Waals surface area contributed by atoms with E-state index in [1.807, 2.05) is 0 Å². The molecule has 0 bridgehead atoms. The summed E-state index contributed by atoms with van der Waals surface area (Å²) in [6.45, 7) is 1.08. The molecular weight excluding hydrogens is 169 g/mol. The van der Waals surface area contributed by atoms with Crippen LogP contribution in [-0.2, 0) is 9.26 Å². The second-order valence-electron chi connectivity index (χ2n) is 0.802. The van der Waals surface area contributed by atoms with Gasteiger partial charge in [-0.1, -0.05) is 0 Å². The molecule has 0 radical (unpaired) electrons. The third-order valence-corrected chi connectivity index (χ3v) is 0. The second-order valence-corrected chi connectivity index (χ2v) is 1.37. The van der Waals surface area contributed by atoms with Crippen molar-refractivity contribution in [2.24, 2.45) is 0 Å². The van der Waals surface area contributed by atoms with E-state index >= 15 is 0 Å². The average Bonchev–Trinajstić information content (AvgIpc) is 1.25. The Hall–Kier alpha value is 0.0469. The van der Waals surface area contributed by atoms with E-state index in [9.17, 15) is 0 Å². The maximum absolute atomic E-state index is 9.00. The van der Waals surface area contributed by atoms with Crippen molar-refractivity contribution in [1.82, 2.24) is 6.15 Å². The van der Waals surface area contributed by atoms with Gasteiger partial charge in [0.1, 0.15) is 0 Å². The summed E-state index contributed by atoms with van der Waals surface area (Å²) in [5, 5.41) is 7.42. The summed E-state index contributed by atoms with van der Waals surface area (Å²) < 4.78 is 8.74. The van der Waals surface area contributed by atoms with Crippen LogP contribution in [0.1, 0.15) is 6.92 Å². The number of carboxylic acids is 1. The molecule has 0 saturated heterocycles. The van der Waals surface area contributed by atoms with Crippen LogP contribution in [0.15, 0.2) is 0 Å². The first-order valence-corrected chi connectivity index (χ1v) is 2.88. The zero-order valence-electron chi connectivity index (χ0n) is 4.87. The minimum absolute atomic E-state index is 0. The van der Waals surface area contributed by atoms with Crippen LogP contribution in [0.4, 0.5) is 0 Å². The molecule has 0 aromatic rings. The first-order valence-electron chi connectivity index (χ1n) is 1.58. The molecule has 0 aliphatic heterocycles. The topological polar surface area (TPSA) is 130 Å². The van der Waals surface area contributed by atoms with Gasteiger partial charge in [0.05, 0.1) is 0 Å². The van der Waals surface area contributed by atoms with Crippen LogP contribution in [-0.4, -0.2) is 59.4 Å². The third kappa shape index (κ3) is 182000. The van der Waals surface area contributed by atoms with E-state index < -0.39 is 15.1 Å². The third-order valence-electron chi connectivity index (χ3n) is 0. The van der Waals surface area contributed by atoms with Gasteiger partial charge in [-0.15, -0.1) is 0 Å². The molecule has 0 atom stereocenters. The van der Waals surface area contributed by atoms with Crippen LogP contribution in [0.5, 0.6) is 0 Å². The standard InChI is InChI=1S/C2H4O2.H3N.Na.H2O3Si.H/c1-2(3)4;;;1-4(2)3;/h1H3,(H,3,4);1H3;;1-2H;. The number of aliphatic carboxylic acids is 1. The number of hydrogen-bond donors (Lipinski definition) is 4. The van der Waals surface area contributed by atoms with Crippen molar-refractivity contribution in [2.45, 2.75) is 6.92 Å². The fraction of sp³-hybridized carbons (Fsp3) is 0.500. The van der Waals surface area contributed by atoms with Gasteiger partial charge in [0, 0.05) is 6.92 Å². The van der Waals surface area contributed by atoms with Gasteiger partial charge in [0.2, 0.25) is 0 Å². The normalized spacial score (nSPS) is 4.90. The molecule has 0 amide bonds. The molecular formula is C2H10NNaO5Si. The molecule has 8 heteroatoms. The molecule has 6 N–H and O–H groups in total. The Morgan fingerprint density at radius 1 is 1.40 bits per heavy atom. The molecule has 0 aliphatic rings. The molecule has 0 saturated carbocycles. The molecule has 0 unspecified atom stereocenters. The minimum atomic E-state index is -3.13. The van der Waals surface area contributed by atoms with Crippen molar-refractivity contribution < 1.29 is 24.0 Å². The predicted octanol–water partition coefficient (Wildman–Crippen LogP) is -2.01. The van der Waals surface area contributed by atoms with Crippen LogP contribution >= 0.6 is 0 Å². The fourth-order valence-electron chi connectivity index (χ4n) is 0. The van der Waals surface area contributed by atoms with Crippen molar-refractivity contribution in [3.8, 4) is 0 Å². The van der Waals surface area contributed by atoms with E-state index in [2.05, 4.69) is 0 Å². The first-order chi connectivity index (χ1) is 3.46. The van der Waals surface area contributed by atoms with Gasteiger partial charge >= 0.3 is 38.7 Å². The van der Waals surface area contributed by atoms with Crippen molar-refractivity contribution in [2.75, 3.05) is 0 Å². The molecule has 0 spiro atoms. The Labute approximate surface area is 81.7 Å². The zero-order chi connectivity index (χ0) is 7.15. The molecule has 10 heavy (non-hydrogen) atoms. The van der Waals surface area contributed by atoms with Gasteiger partial charge in [-0.3, -0.25) is 9.26 Å². The Balaban J connectivity index is -0.0000000300. The van der Waals surface area contributed by atoms with Gasteiger partial charge in [0.15, 0.2) is 0 Å². The van der Waals surface area contributed by atoms with Crippen LogP contribution < -0.4 is 6.15 Å². The van der Waals surface area contributed by atoms with Gasteiger partial charge in [-0.25, -0.2) is 0 Å². The number of rotatable bonds is 0.